The molecule has 0 fully saturated rings. The number of rotatable bonds is 6. The number of ether oxygens (including phenoxy) is 1. The number of halogens is 1. The van der Waals surface area contributed by atoms with Gasteiger partial charge in [0, 0.05) is 18.7 Å². The Kier molecular flexibility index (Phi) is 5.58. The van der Waals surface area contributed by atoms with Gasteiger partial charge in [-0.1, -0.05) is 0 Å². The van der Waals surface area contributed by atoms with Gasteiger partial charge in [0.15, 0.2) is 11.6 Å². The number of benzene rings is 1. The Labute approximate surface area is 107 Å². The summed E-state index contributed by atoms with van der Waals surface area (Å²) in [7, 11) is 3.84. The molecular formula is C13H19FN2O2. The van der Waals surface area contributed by atoms with Crippen LogP contribution in [0.2, 0.25) is 0 Å². The number of nitrogens with zero attached hydrogens (tertiary/aromatic N) is 1. The lowest BCUT2D eigenvalue weighted by Gasteiger charge is -2.11. The molecule has 5 heteroatoms. The third-order valence-corrected chi connectivity index (χ3v) is 2.34. The standard InChI is InChI=1S/C13H19FN2O2/c1-4-18-12-6-5-10(9-11(12)14)13(17)15-7-8-16(2)3/h5-6,9H,4,7-8H2,1-3H3,(H,15,17). The van der Waals surface area contributed by atoms with Crippen LogP contribution in [0.15, 0.2) is 18.2 Å². The molecule has 4 nitrogen and oxygen atoms in total. The maximum absolute atomic E-state index is 13.5. The summed E-state index contributed by atoms with van der Waals surface area (Å²) in [5.41, 5.74) is 0.301. The van der Waals surface area contributed by atoms with E-state index in [0.29, 0.717) is 18.7 Å². The van der Waals surface area contributed by atoms with E-state index in [-0.39, 0.29) is 11.7 Å². The average molecular weight is 254 g/mol. The minimum atomic E-state index is -0.517. The van der Waals surface area contributed by atoms with Gasteiger partial charge in [0.1, 0.15) is 0 Å². The van der Waals surface area contributed by atoms with Crippen molar-refractivity contribution in [2.24, 2.45) is 0 Å². The zero-order valence-electron chi connectivity index (χ0n) is 11.0. The molecule has 0 bridgehead atoms. The van der Waals surface area contributed by atoms with Crippen molar-refractivity contribution in [3.8, 4) is 5.75 Å². The summed E-state index contributed by atoms with van der Waals surface area (Å²) in [5.74, 6) is -0.627. The topological polar surface area (TPSA) is 41.6 Å². The second kappa shape index (κ2) is 6.96. The number of carbonyl (C=O) groups is 1. The van der Waals surface area contributed by atoms with Gasteiger partial charge in [-0.15, -0.1) is 0 Å². The summed E-state index contributed by atoms with van der Waals surface area (Å²) < 4.78 is 18.6. The molecule has 18 heavy (non-hydrogen) atoms. The lowest BCUT2D eigenvalue weighted by atomic mass is 10.2. The highest BCUT2D eigenvalue weighted by Crippen LogP contribution is 2.18. The van der Waals surface area contributed by atoms with Crippen LogP contribution in [-0.2, 0) is 0 Å². The zero-order valence-corrected chi connectivity index (χ0v) is 11.0. The first-order valence-corrected chi connectivity index (χ1v) is 5.90. The predicted molar refractivity (Wildman–Crippen MR) is 68.5 cm³/mol. The van der Waals surface area contributed by atoms with Gasteiger partial charge in [-0.05, 0) is 39.2 Å². The molecule has 100 valence electrons. The average Bonchev–Trinajstić information content (AvgIpc) is 2.31. The SMILES string of the molecule is CCOc1ccc(C(=O)NCCN(C)C)cc1F. The largest absolute Gasteiger partial charge is 0.491 e. The Morgan fingerprint density at radius 1 is 1.44 bits per heavy atom. The molecule has 0 aliphatic carbocycles. The van der Waals surface area contributed by atoms with Crippen molar-refractivity contribution in [3.63, 3.8) is 0 Å². The van der Waals surface area contributed by atoms with Crippen molar-refractivity contribution in [2.75, 3.05) is 33.8 Å². The maximum Gasteiger partial charge on any atom is 0.251 e. The first-order valence-electron chi connectivity index (χ1n) is 5.90. The van der Waals surface area contributed by atoms with E-state index in [0.717, 1.165) is 6.54 Å². The summed E-state index contributed by atoms with van der Waals surface area (Å²) in [5, 5.41) is 2.72. The van der Waals surface area contributed by atoms with Crippen LogP contribution in [0.1, 0.15) is 17.3 Å². The lowest BCUT2D eigenvalue weighted by molar-refractivity contribution is 0.0950. The van der Waals surface area contributed by atoms with Crippen LogP contribution < -0.4 is 10.1 Å². The fourth-order valence-corrected chi connectivity index (χ4v) is 1.41. The van der Waals surface area contributed by atoms with Crippen molar-refractivity contribution in [3.05, 3.63) is 29.6 Å². The van der Waals surface area contributed by atoms with Crippen LogP contribution in [0.3, 0.4) is 0 Å². The van der Waals surface area contributed by atoms with E-state index >= 15 is 0 Å². The Morgan fingerprint density at radius 3 is 2.72 bits per heavy atom. The van der Waals surface area contributed by atoms with Crippen LogP contribution in [0.25, 0.3) is 0 Å². The predicted octanol–water partition coefficient (Wildman–Crippen LogP) is 1.52. The molecule has 1 rings (SSSR count). The molecule has 0 spiro atoms. The lowest BCUT2D eigenvalue weighted by Crippen LogP contribution is -2.31. The van der Waals surface area contributed by atoms with Gasteiger partial charge in [-0.2, -0.15) is 0 Å². The molecule has 0 saturated heterocycles. The van der Waals surface area contributed by atoms with Gasteiger partial charge in [0.25, 0.3) is 5.91 Å². The molecular weight excluding hydrogens is 235 g/mol. The van der Waals surface area contributed by atoms with Crippen LogP contribution in [0.4, 0.5) is 4.39 Å². The molecule has 1 N–H and O–H groups in total. The zero-order chi connectivity index (χ0) is 13.5. The van der Waals surface area contributed by atoms with E-state index in [9.17, 15) is 9.18 Å². The highest BCUT2D eigenvalue weighted by atomic mass is 19.1. The fourth-order valence-electron chi connectivity index (χ4n) is 1.41. The quantitative estimate of drug-likeness (QED) is 0.836. The fraction of sp³-hybridized carbons (Fsp3) is 0.462. The van der Waals surface area contributed by atoms with Crippen LogP contribution >= 0.6 is 0 Å². The van der Waals surface area contributed by atoms with Gasteiger partial charge >= 0.3 is 0 Å². The minimum Gasteiger partial charge on any atom is -0.491 e. The number of amides is 1. The summed E-state index contributed by atoms with van der Waals surface area (Å²) in [6.45, 7) is 3.44. The molecule has 0 radical (unpaired) electrons. The molecule has 0 aromatic heterocycles. The highest BCUT2D eigenvalue weighted by molar-refractivity contribution is 5.94. The van der Waals surface area contributed by atoms with E-state index in [2.05, 4.69) is 5.32 Å². The number of hydrogen-bond acceptors (Lipinski definition) is 3. The van der Waals surface area contributed by atoms with Crippen LogP contribution in [0, 0.1) is 5.82 Å². The van der Waals surface area contributed by atoms with Crippen molar-refractivity contribution in [2.45, 2.75) is 6.92 Å². The van der Waals surface area contributed by atoms with Gasteiger partial charge in [0.2, 0.25) is 0 Å². The number of likely N-dealkylation sites (N-methyl/N-ethyl adjacent to an activating group) is 1. The highest BCUT2D eigenvalue weighted by Gasteiger charge is 2.09. The van der Waals surface area contributed by atoms with Crippen molar-refractivity contribution < 1.29 is 13.9 Å². The van der Waals surface area contributed by atoms with Crippen molar-refractivity contribution in [1.29, 1.82) is 0 Å². The monoisotopic (exact) mass is 254 g/mol. The minimum absolute atomic E-state index is 0.169. The van der Waals surface area contributed by atoms with Gasteiger partial charge < -0.3 is 15.0 Å². The second-order valence-corrected chi connectivity index (χ2v) is 4.14. The second-order valence-electron chi connectivity index (χ2n) is 4.14. The van der Waals surface area contributed by atoms with Crippen molar-refractivity contribution in [1.82, 2.24) is 10.2 Å². The van der Waals surface area contributed by atoms with Gasteiger partial charge in [0.05, 0.1) is 6.61 Å². The molecule has 0 saturated carbocycles. The summed E-state index contributed by atoms with van der Waals surface area (Å²) in [4.78, 5) is 13.7. The van der Waals surface area contributed by atoms with E-state index < -0.39 is 5.82 Å². The molecule has 0 aliphatic heterocycles. The normalized spacial score (nSPS) is 10.5. The van der Waals surface area contributed by atoms with Gasteiger partial charge in [-0.3, -0.25) is 4.79 Å². The Balaban J connectivity index is 2.61. The van der Waals surface area contributed by atoms with Crippen LogP contribution in [-0.4, -0.2) is 44.6 Å². The summed E-state index contributed by atoms with van der Waals surface area (Å²) in [6, 6.07) is 4.22. The number of carbonyl (C=O) groups excluding carboxylic acids is 1. The van der Waals surface area contributed by atoms with E-state index in [1.165, 1.54) is 12.1 Å². The van der Waals surface area contributed by atoms with Gasteiger partial charge in [-0.25, -0.2) is 4.39 Å². The summed E-state index contributed by atoms with van der Waals surface area (Å²) >= 11 is 0. The van der Waals surface area contributed by atoms with E-state index in [1.54, 1.807) is 13.0 Å². The molecule has 0 unspecified atom stereocenters. The Hall–Kier alpha value is -1.62. The van der Waals surface area contributed by atoms with E-state index in [4.69, 9.17) is 4.74 Å². The molecule has 1 aromatic rings. The first-order chi connectivity index (χ1) is 8.54. The molecule has 0 atom stereocenters. The third kappa shape index (κ3) is 4.33. The van der Waals surface area contributed by atoms with Crippen molar-refractivity contribution >= 4 is 5.91 Å². The molecule has 0 heterocycles. The maximum atomic E-state index is 13.5. The number of hydrogen-bond donors (Lipinski definition) is 1. The van der Waals surface area contributed by atoms with E-state index in [1.807, 2.05) is 19.0 Å². The summed E-state index contributed by atoms with van der Waals surface area (Å²) in [6.07, 6.45) is 0. The third-order valence-electron chi connectivity index (χ3n) is 2.34. The first kappa shape index (κ1) is 14.4. The van der Waals surface area contributed by atoms with Crippen LogP contribution in [0.5, 0.6) is 5.75 Å². The smallest absolute Gasteiger partial charge is 0.251 e. The molecule has 1 amide bonds. The Bertz CT molecular complexity index is 408. The number of nitrogens with one attached hydrogen (secondary N) is 1. The Morgan fingerprint density at radius 2 is 2.17 bits per heavy atom. The molecule has 1 aromatic carbocycles. The molecule has 0 aliphatic rings.